The predicted molar refractivity (Wildman–Crippen MR) is 74.2 cm³/mol. The molecule has 0 bridgehead atoms. The van der Waals surface area contributed by atoms with Crippen molar-refractivity contribution in [2.24, 2.45) is 0 Å². The molecule has 110 valence electrons. The van der Waals surface area contributed by atoms with Gasteiger partial charge in [0.25, 0.3) is 0 Å². The molecule has 2 atom stereocenters. The molecule has 1 aliphatic heterocycles. The molecular formula is C15H21NO4. The fraction of sp³-hybridized carbons (Fsp3) is 0.533. The van der Waals surface area contributed by atoms with Gasteiger partial charge in [0.2, 0.25) is 0 Å². The van der Waals surface area contributed by atoms with Gasteiger partial charge in [-0.2, -0.15) is 0 Å². The van der Waals surface area contributed by atoms with E-state index in [0.29, 0.717) is 6.61 Å². The minimum absolute atomic E-state index is 0.0224. The first-order valence-corrected chi connectivity index (χ1v) is 6.92. The van der Waals surface area contributed by atoms with Gasteiger partial charge in [-0.15, -0.1) is 0 Å². The Morgan fingerprint density at radius 3 is 2.80 bits per heavy atom. The lowest BCUT2D eigenvalue weighted by Crippen LogP contribution is -2.45. The van der Waals surface area contributed by atoms with E-state index >= 15 is 0 Å². The van der Waals surface area contributed by atoms with Gasteiger partial charge in [0.05, 0.1) is 18.8 Å². The summed E-state index contributed by atoms with van der Waals surface area (Å²) in [5, 5.41) is 9.13. The van der Waals surface area contributed by atoms with Crippen molar-refractivity contribution < 1.29 is 19.4 Å². The second-order valence-electron chi connectivity index (χ2n) is 4.89. The van der Waals surface area contributed by atoms with Gasteiger partial charge in [0.1, 0.15) is 6.61 Å². The quantitative estimate of drug-likeness (QED) is 0.893. The van der Waals surface area contributed by atoms with E-state index in [1.807, 2.05) is 37.3 Å². The Morgan fingerprint density at radius 2 is 2.20 bits per heavy atom. The van der Waals surface area contributed by atoms with E-state index in [-0.39, 0.29) is 31.9 Å². The Balaban J connectivity index is 1.93. The van der Waals surface area contributed by atoms with E-state index in [0.717, 1.165) is 12.0 Å². The molecule has 1 aromatic carbocycles. The van der Waals surface area contributed by atoms with Gasteiger partial charge in [-0.05, 0) is 18.9 Å². The van der Waals surface area contributed by atoms with Crippen molar-refractivity contribution in [2.45, 2.75) is 32.1 Å². The molecule has 0 aliphatic carbocycles. The zero-order valence-corrected chi connectivity index (χ0v) is 11.7. The molecule has 0 radical (unpaired) electrons. The summed E-state index contributed by atoms with van der Waals surface area (Å²) in [7, 11) is 0. The fourth-order valence-electron chi connectivity index (χ4n) is 2.43. The second-order valence-corrected chi connectivity index (χ2v) is 4.89. The van der Waals surface area contributed by atoms with Gasteiger partial charge in [0, 0.05) is 13.2 Å². The topological polar surface area (TPSA) is 59.0 Å². The molecule has 1 N–H and O–H groups in total. The minimum atomic E-state index is -0.398. The van der Waals surface area contributed by atoms with Crippen molar-refractivity contribution in [3.63, 3.8) is 0 Å². The standard InChI is InChI=1S/C15H21NO4/c1-12-14(7-10-19-12)16(8-9-17)15(18)20-11-13-5-3-2-4-6-13/h2-6,12,14,17H,7-11H2,1H3/t12?,14-/m1/s1. The monoisotopic (exact) mass is 279 g/mol. The van der Waals surface area contributed by atoms with Crippen LogP contribution in [0.5, 0.6) is 0 Å². The summed E-state index contributed by atoms with van der Waals surface area (Å²) < 4.78 is 10.8. The van der Waals surface area contributed by atoms with Crippen LogP contribution in [-0.4, -0.2) is 48.0 Å². The number of rotatable bonds is 5. The van der Waals surface area contributed by atoms with Crippen LogP contribution in [0.2, 0.25) is 0 Å². The van der Waals surface area contributed by atoms with Crippen LogP contribution < -0.4 is 0 Å². The van der Waals surface area contributed by atoms with Crippen LogP contribution in [0.1, 0.15) is 18.9 Å². The van der Waals surface area contributed by atoms with Crippen molar-refractivity contribution in [3.8, 4) is 0 Å². The number of aliphatic hydroxyl groups is 1. The number of carbonyl (C=O) groups is 1. The summed E-state index contributed by atoms with van der Waals surface area (Å²) in [6, 6.07) is 9.52. The van der Waals surface area contributed by atoms with E-state index in [9.17, 15) is 4.79 Å². The number of ether oxygens (including phenoxy) is 2. The number of benzene rings is 1. The molecule has 2 rings (SSSR count). The van der Waals surface area contributed by atoms with Crippen molar-refractivity contribution >= 4 is 6.09 Å². The fourth-order valence-corrected chi connectivity index (χ4v) is 2.43. The third kappa shape index (κ3) is 3.71. The summed E-state index contributed by atoms with van der Waals surface area (Å²) >= 11 is 0. The highest BCUT2D eigenvalue weighted by Gasteiger charge is 2.33. The maximum atomic E-state index is 12.2. The summed E-state index contributed by atoms with van der Waals surface area (Å²) in [4.78, 5) is 13.7. The van der Waals surface area contributed by atoms with Crippen LogP contribution in [0.4, 0.5) is 4.79 Å². The molecule has 0 spiro atoms. The Labute approximate surface area is 119 Å². The number of aliphatic hydroxyl groups excluding tert-OH is 1. The average molecular weight is 279 g/mol. The van der Waals surface area contributed by atoms with E-state index in [1.54, 1.807) is 4.90 Å². The van der Waals surface area contributed by atoms with Crippen LogP contribution in [0.3, 0.4) is 0 Å². The highest BCUT2D eigenvalue weighted by atomic mass is 16.6. The third-order valence-electron chi connectivity index (χ3n) is 3.52. The SMILES string of the molecule is CC1OCC[C@H]1N(CCO)C(=O)OCc1ccccc1. The summed E-state index contributed by atoms with van der Waals surface area (Å²) in [6.07, 6.45) is 0.359. The Morgan fingerprint density at radius 1 is 1.45 bits per heavy atom. The van der Waals surface area contributed by atoms with Crippen molar-refractivity contribution in [2.75, 3.05) is 19.8 Å². The van der Waals surface area contributed by atoms with Crippen LogP contribution in [-0.2, 0) is 16.1 Å². The number of hydrogen-bond donors (Lipinski definition) is 1. The Hall–Kier alpha value is -1.59. The molecule has 1 saturated heterocycles. The van der Waals surface area contributed by atoms with E-state index < -0.39 is 6.09 Å². The van der Waals surface area contributed by atoms with Gasteiger partial charge < -0.3 is 19.5 Å². The average Bonchev–Trinajstić information content (AvgIpc) is 2.89. The molecule has 1 aliphatic rings. The zero-order valence-electron chi connectivity index (χ0n) is 11.7. The van der Waals surface area contributed by atoms with Gasteiger partial charge in [-0.1, -0.05) is 30.3 Å². The van der Waals surface area contributed by atoms with Crippen LogP contribution in [0.15, 0.2) is 30.3 Å². The van der Waals surface area contributed by atoms with Gasteiger partial charge in [-0.25, -0.2) is 4.79 Å². The van der Waals surface area contributed by atoms with Crippen molar-refractivity contribution in [1.82, 2.24) is 4.90 Å². The number of carbonyl (C=O) groups excluding carboxylic acids is 1. The van der Waals surface area contributed by atoms with Crippen molar-refractivity contribution in [3.05, 3.63) is 35.9 Å². The lowest BCUT2D eigenvalue weighted by Gasteiger charge is -2.29. The molecular weight excluding hydrogens is 258 g/mol. The predicted octanol–water partition coefficient (Wildman–Crippen LogP) is 1.79. The van der Waals surface area contributed by atoms with Crippen LogP contribution in [0, 0.1) is 0 Å². The Kier molecular flexibility index (Phi) is 5.38. The van der Waals surface area contributed by atoms with Crippen LogP contribution >= 0.6 is 0 Å². The molecule has 1 unspecified atom stereocenters. The number of nitrogens with zero attached hydrogens (tertiary/aromatic N) is 1. The zero-order chi connectivity index (χ0) is 14.4. The first kappa shape index (κ1) is 14.8. The molecule has 0 aromatic heterocycles. The third-order valence-corrected chi connectivity index (χ3v) is 3.52. The second kappa shape index (κ2) is 7.26. The molecule has 1 amide bonds. The highest BCUT2D eigenvalue weighted by molar-refractivity contribution is 5.68. The smallest absolute Gasteiger partial charge is 0.410 e. The highest BCUT2D eigenvalue weighted by Crippen LogP contribution is 2.20. The Bertz CT molecular complexity index is 423. The van der Waals surface area contributed by atoms with E-state index in [2.05, 4.69) is 0 Å². The van der Waals surface area contributed by atoms with Crippen molar-refractivity contribution in [1.29, 1.82) is 0 Å². The number of amides is 1. The molecule has 1 aromatic rings. The van der Waals surface area contributed by atoms with E-state index in [1.165, 1.54) is 0 Å². The van der Waals surface area contributed by atoms with Gasteiger partial charge in [-0.3, -0.25) is 0 Å². The van der Waals surface area contributed by atoms with Gasteiger partial charge >= 0.3 is 6.09 Å². The van der Waals surface area contributed by atoms with E-state index in [4.69, 9.17) is 14.6 Å². The first-order valence-electron chi connectivity index (χ1n) is 6.92. The molecule has 1 heterocycles. The number of hydrogen-bond acceptors (Lipinski definition) is 4. The minimum Gasteiger partial charge on any atom is -0.445 e. The molecule has 1 fully saturated rings. The maximum Gasteiger partial charge on any atom is 0.410 e. The summed E-state index contributed by atoms with van der Waals surface area (Å²) in [5.74, 6) is 0. The van der Waals surface area contributed by atoms with Crippen LogP contribution in [0.25, 0.3) is 0 Å². The molecule has 20 heavy (non-hydrogen) atoms. The molecule has 0 saturated carbocycles. The molecule has 5 nitrogen and oxygen atoms in total. The summed E-state index contributed by atoms with van der Waals surface area (Å²) in [6.45, 7) is 3.01. The molecule has 5 heteroatoms. The van der Waals surface area contributed by atoms with Gasteiger partial charge in [0.15, 0.2) is 0 Å². The maximum absolute atomic E-state index is 12.2. The first-order chi connectivity index (χ1) is 9.72. The largest absolute Gasteiger partial charge is 0.445 e. The normalized spacial score (nSPS) is 21.7. The lowest BCUT2D eigenvalue weighted by molar-refractivity contribution is 0.0437. The lowest BCUT2D eigenvalue weighted by atomic mass is 10.1. The summed E-state index contributed by atoms with van der Waals surface area (Å²) in [5.41, 5.74) is 0.945.